The van der Waals surface area contributed by atoms with Crippen LogP contribution in [0.3, 0.4) is 0 Å². The van der Waals surface area contributed by atoms with Crippen LogP contribution in [-0.2, 0) is 16.6 Å². The number of nitrogens with zero attached hydrogens (tertiary/aromatic N) is 1. The molecule has 1 aromatic heterocycles. The molecule has 0 aliphatic carbocycles. The normalized spacial score (nSPS) is 23.4. The Labute approximate surface area is 138 Å². The molecular formula is C17H25N3O2S. The largest absolute Gasteiger partial charge is 0.361 e. The van der Waals surface area contributed by atoms with Crippen molar-refractivity contribution in [3.63, 3.8) is 0 Å². The number of benzene rings is 1. The average Bonchev–Trinajstić information content (AvgIpc) is 3.01. The molecule has 0 bridgehead atoms. The minimum Gasteiger partial charge on any atom is -0.361 e. The molecule has 1 aliphatic rings. The van der Waals surface area contributed by atoms with E-state index in [0.717, 1.165) is 24.9 Å². The number of nitrogens with one attached hydrogen (secondary N) is 2. The molecule has 6 heteroatoms. The lowest BCUT2D eigenvalue weighted by atomic mass is 9.91. The second kappa shape index (κ2) is 6.63. The fraction of sp³-hybridized carbons (Fsp3) is 0.529. The Morgan fingerprint density at radius 3 is 2.91 bits per heavy atom. The Balaban J connectivity index is 1.67. The third-order valence-corrected chi connectivity index (χ3v) is 6.20. The van der Waals surface area contributed by atoms with Gasteiger partial charge < -0.3 is 10.3 Å². The summed E-state index contributed by atoms with van der Waals surface area (Å²) in [6.07, 6.45) is 5.13. The number of sulfonamides is 1. The molecule has 1 saturated heterocycles. The first-order chi connectivity index (χ1) is 11.0. The summed E-state index contributed by atoms with van der Waals surface area (Å²) in [4.78, 5) is 3.24. The highest BCUT2D eigenvalue weighted by molar-refractivity contribution is 7.88. The molecule has 5 nitrogen and oxygen atoms in total. The molecule has 126 valence electrons. The number of hydrogen-bond donors (Lipinski definition) is 2. The van der Waals surface area contributed by atoms with Crippen molar-refractivity contribution in [1.82, 2.24) is 14.6 Å². The van der Waals surface area contributed by atoms with Crippen molar-refractivity contribution in [1.29, 1.82) is 0 Å². The minimum absolute atomic E-state index is 0.365. The summed E-state index contributed by atoms with van der Waals surface area (Å²) in [5.74, 6) is 0.365. The summed E-state index contributed by atoms with van der Waals surface area (Å²) in [7, 11) is -3.08. The van der Waals surface area contributed by atoms with E-state index in [1.165, 1.54) is 17.2 Å². The van der Waals surface area contributed by atoms with E-state index < -0.39 is 10.0 Å². The lowest BCUT2D eigenvalue weighted by Crippen LogP contribution is -2.50. The van der Waals surface area contributed by atoms with Gasteiger partial charge in [-0.1, -0.05) is 25.5 Å². The van der Waals surface area contributed by atoms with Crippen LogP contribution < -0.4 is 5.32 Å². The zero-order valence-electron chi connectivity index (χ0n) is 13.7. The summed E-state index contributed by atoms with van der Waals surface area (Å²) < 4.78 is 25.1. The summed E-state index contributed by atoms with van der Waals surface area (Å²) in [5, 5.41) is 4.91. The Hall–Kier alpha value is -1.37. The molecule has 3 rings (SSSR count). The van der Waals surface area contributed by atoms with Crippen LogP contribution in [0.25, 0.3) is 10.9 Å². The first-order valence-corrected chi connectivity index (χ1v) is 10.1. The minimum atomic E-state index is -3.08. The number of aromatic amines is 1. The van der Waals surface area contributed by atoms with E-state index in [1.54, 1.807) is 4.31 Å². The topological polar surface area (TPSA) is 65.2 Å². The van der Waals surface area contributed by atoms with Gasteiger partial charge in [0.05, 0.1) is 6.26 Å². The quantitative estimate of drug-likeness (QED) is 0.881. The van der Waals surface area contributed by atoms with E-state index >= 15 is 0 Å². The smallest absolute Gasteiger partial charge is 0.211 e. The predicted molar refractivity (Wildman–Crippen MR) is 93.7 cm³/mol. The molecule has 1 fully saturated rings. The van der Waals surface area contributed by atoms with Gasteiger partial charge in [-0.05, 0) is 30.0 Å². The van der Waals surface area contributed by atoms with Crippen LogP contribution in [0.4, 0.5) is 0 Å². The zero-order valence-corrected chi connectivity index (χ0v) is 14.6. The molecule has 0 spiro atoms. The number of fused-ring (bicyclic) bond motifs is 1. The number of H-pyrrole nitrogens is 1. The maximum absolute atomic E-state index is 11.8. The van der Waals surface area contributed by atoms with Gasteiger partial charge in [0, 0.05) is 42.8 Å². The molecular weight excluding hydrogens is 310 g/mol. The molecule has 0 amide bonds. The zero-order chi connectivity index (χ0) is 16.4. The monoisotopic (exact) mass is 335 g/mol. The first kappa shape index (κ1) is 16.5. The molecule has 1 aliphatic heterocycles. The van der Waals surface area contributed by atoms with Gasteiger partial charge in [-0.25, -0.2) is 12.7 Å². The van der Waals surface area contributed by atoms with Crippen molar-refractivity contribution in [2.45, 2.75) is 32.4 Å². The third kappa shape index (κ3) is 3.59. The van der Waals surface area contributed by atoms with Crippen molar-refractivity contribution < 1.29 is 8.42 Å². The Bertz CT molecular complexity index is 769. The molecule has 2 N–H and O–H groups in total. The summed E-state index contributed by atoms with van der Waals surface area (Å²) in [6, 6.07) is 8.77. The van der Waals surface area contributed by atoms with E-state index in [1.807, 2.05) is 6.20 Å². The Morgan fingerprint density at radius 2 is 2.17 bits per heavy atom. The molecule has 0 unspecified atom stereocenters. The van der Waals surface area contributed by atoms with Crippen LogP contribution in [-0.4, -0.2) is 43.1 Å². The molecule has 2 atom stereocenters. The standard InChI is InChI=1S/C17H25N3O2S/c1-3-13-12-20(23(2,21)22)10-8-16(13)19-11-14-5-4-6-17-15(14)7-9-18-17/h4-7,9,13,16,18-19H,3,8,10-12H2,1-2H3/t13-,16+/m1/s1. The van der Waals surface area contributed by atoms with Gasteiger partial charge in [-0.3, -0.25) is 0 Å². The highest BCUT2D eigenvalue weighted by Crippen LogP contribution is 2.23. The highest BCUT2D eigenvalue weighted by Gasteiger charge is 2.31. The summed E-state index contributed by atoms with van der Waals surface area (Å²) >= 11 is 0. The molecule has 2 heterocycles. The van der Waals surface area contributed by atoms with E-state index in [9.17, 15) is 8.42 Å². The average molecular weight is 335 g/mol. The molecule has 23 heavy (non-hydrogen) atoms. The van der Waals surface area contributed by atoms with Crippen LogP contribution in [0, 0.1) is 5.92 Å². The number of piperidine rings is 1. The van der Waals surface area contributed by atoms with Gasteiger partial charge in [0.1, 0.15) is 0 Å². The summed E-state index contributed by atoms with van der Waals surface area (Å²) in [5.41, 5.74) is 2.44. The second-order valence-electron chi connectivity index (χ2n) is 6.42. The van der Waals surface area contributed by atoms with Gasteiger partial charge in [-0.15, -0.1) is 0 Å². The van der Waals surface area contributed by atoms with E-state index in [2.05, 4.69) is 41.5 Å². The fourth-order valence-corrected chi connectivity index (χ4v) is 4.43. The predicted octanol–water partition coefficient (Wildman–Crippen LogP) is 2.32. The van der Waals surface area contributed by atoms with E-state index in [0.29, 0.717) is 25.0 Å². The lowest BCUT2D eigenvalue weighted by molar-refractivity contribution is 0.202. The first-order valence-electron chi connectivity index (χ1n) is 8.22. The van der Waals surface area contributed by atoms with Crippen molar-refractivity contribution >= 4 is 20.9 Å². The lowest BCUT2D eigenvalue weighted by Gasteiger charge is -2.37. The van der Waals surface area contributed by atoms with Crippen molar-refractivity contribution in [3.05, 3.63) is 36.0 Å². The molecule has 0 saturated carbocycles. The highest BCUT2D eigenvalue weighted by atomic mass is 32.2. The number of hydrogen-bond acceptors (Lipinski definition) is 3. The van der Waals surface area contributed by atoms with E-state index in [4.69, 9.17) is 0 Å². The second-order valence-corrected chi connectivity index (χ2v) is 8.40. The molecule has 1 aromatic carbocycles. The third-order valence-electron chi connectivity index (χ3n) is 4.93. The molecule has 2 aromatic rings. The van der Waals surface area contributed by atoms with Crippen molar-refractivity contribution in [2.24, 2.45) is 5.92 Å². The van der Waals surface area contributed by atoms with Crippen LogP contribution >= 0.6 is 0 Å². The van der Waals surface area contributed by atoms with Crippen molar-refractivity contribution in [2.75, 3.05) is 19.3 Å². The van der Waals surface area contributed by atoms with Gasteiger partial charge in [0.2, 0.25) is 10.0 Å². The van der Waals surface area contributed by atoms with Gasteiger partial charge >= 0.3 is 0 Å². The van der Waals surface area contributed by atoms with Gasteiger partial charge in [-0.2, -0.15) is 0 Å². The fourth-order valence-electron chi connectivity index (χ4n) is 3.53. The Kier molecular flexibility index (Phi) is 4.75. The van der Waals surface area contributed by atoms with Crippen LogP contribution in [0.15, 0.2) is 30.5 Å². The van der Waals surface area contributed by atoms with Crippen molar-refractivity contribution in [3.8, 4) is 0 Å². The maximum Gasteiger partial charge on any atom is 0.211 e. The molecule has 0 radical (unpaired) electrons. The number of aromatic nitrogens is 1. The SMILES string of the molecule is CC[C@@H]1CN(S(C)(=O)=O)CC[C@@H]1NCc1cccc2[nH]ccc12. The van der Waals surface area contributed by atoms with Gasteiger partial charge in [0.25, 0.3) is 0 Å². The Morgan fingerprint density at radius 1 is 1.35 bits per heavy atom. The summed E-state index contributed by atoms with van der Waals surface area (Å²) in [6.45, 7) is 4.19. The van der Waals surface area contributed by atoms with Crippen LogP contribution in [0.2, 0.25) is 0 Å². The van der Waals surface area contributed by atoms with Crippen LogP contribution in [0.5, 0.6) is 0 Å². The maximum atomic E-state index is 11.8. The van der Waals surface area contributed by atoms with Gasteiger partial charge in [0.15, 0.2) is 0 Å². The van der Waals surface area contributed by atoms with Crippen LogP contribution in [0.1, 0.15) is 25.3 Å². The number of rotatable bonds is 5. The van der Waals surface area contributed by atoms with E-state index in [-0.39, 0.29) is 0 Å².